The van der Waals surface area contributed by atoms with Gasteiger partial charge in [-0.15, -0.1) is 0 Å². The Labute approximate surface area is 139 Å². The SMILES string of the molecule is C=C(O)CC1(CNC(=C)OC(C)OC(=O)C(C)C)CCCCC1. The summed E-state index contributed by atoms with van der Waals surface area (Å²) in [6, 6.07) is 0. The molecule has 0 aliphatic heterocycles. The van der Waals surface area contributed by atoms with Crippen LogP contribution in [0.2, 0.25) is 0 Å². The molecular formula is C18H31NO4. The molecule has 5 heteroatoms. The molecule has 0 radical (unpaired) electrons. The van der Waals surface area contributed by atoms with Crippen molar-refractivity contribution in [2.75, 3.05) is 6.54 Å². The number of carbonyl (C=O) groups excluding carboxylic acids is 1. The molecule has 1 unspecified atom stereocenters. The Morgan fingerprint density at radius 1 is 1.17 bits per heavy atom. The first-order valence-corrected chi connectivity index (χ1v) is 8.41. The largest absolute Gasteiger partial charge is 0.513 e. The lowest BCUT2D eigenvalue weighted by Gasteiger charge is -2.37. The molecule has 0 aromatic heterocycles. The van der Waals surface area contributed by atoms with E-state index in [0.717, 1.165) is 25.7 Å². The molecule has 1 aliphatic carbocycles. The lowest BCUT2D eigenvalue weighted by atomic mass is 9.71. The Morgan fingerprint density at radius 3 is 2.30 bits per heavy atom. The normalized spacial score (nSPS) is 18.1. The van der Waals surface area contributed by atoms with Gasteiger partial charge in [-0.3, -0.25) is 4.79 Å². The second-order valence-corrected chi connectivity index (χ2v) is 6.86. The lowest BCUT2D eigenvalue weighted by Crippen LogP contribution is -2.37. The standard InChI is InChI=1S/C18H31NO4/c1-13(2)17(21)23-16(5)22-15(4)19-12-18(11-14(3)20)9-7-6-8-10-18/h13,16,19-20H,3-4,6-12H2,1-2,5H3. The minimum Gasteiger partial charge on any atom is -0.513 e. The van der Waals surface area contributed by atoms with Crippen LogP contribution in [0, 0.1) is 11.3 Å². The third-order valence-corrected chi connectivity index (χ3v) is 4.22. The van der Waals surface area contributed by atoms with E-state index in [1.165, 1.54) is 6.42 Å². The summed E-state index contributed by atoms with van der Waals surface area (Å²) in [6.45, 7) is 13.3. The molecule has 0 saturated heterocycles. The Hall–Kier alpha value is -1.65. The van der Waals surface area contributed by atoms with Gasteiger partial charge in [0.1, 0.15) is 0 Å². The summed E-state index contributed by atoms with van der Waals surface area (Å²) in [5.74, 6) is 0.107. The van der Waals surface area contributed by atoms with E-state index in [-0.39, 0.29) is 23.1 Å². The Bertz CT molecular complexity index is 425. The molecule has 0 aromatic carbocycles. The first kappa shape index (κ1) is 19.4. The predicted octanol–water partition coefficient (Wildman–Crippen LogP) is 4.02. The third kappa shape index (κ3) is 6.97. The van der Waals surface area contributed by atoms with Crippen molar-refractivity contribution in [2.24, 2.45) is 11.3 Å². The third-order valence-electron chi connectivity index (χ3n) is 4.22. The highest BCUT2D eigenvalue weighted by Gasteiger charge is 2.32. The summed E-state index contributed by atoms with van der Waals surface area (Å²) in [6.07, 6.45) is 5.55. The molecule has 23 heavy (non-hydrogen) atoms. The van der Waals surface area contributed by atoms with Gasteiger partial charge >= 0.3 is 5.97 Å². The smallest absolute Gasteiger partial charge is 0.311 e. The number of esters is 1. The van der Waals surface area contributed by atoms with E-state index in [1.807, 2.05) is 0 Å². The van der Waals surface area contributed by atoms with Crippen molar-refractivity contribution in [3.05, 3.63) is 24.8 Å². The summed E-state index contributed by atoms with van der Waals surface area (Å²) in [5.41, 5.74) is -0.00572. The van der Waals surface area contributed by atoms with E-state index in [2.05, 4.69) is 18.5 Å². The van der Waals surface area contributed by atoms with Crippen LogP contribution in [0.15, 0.2) is 24.8 Å². The number of nitrogens with one attached hydrogen (secondary N) is 1. The molecule has 0 spiro atoms. The zero-order valence-electron chi connectivity index (χ0n) is 14.7. The Balaban J connectivity index is 2.46. The van der Waals surface area contributed by atoms with Gasteiger partial charge in [-0.1, -0.05) is 39.7 Å². The number of hydrogen-bond acceptors (Lipinski definition) is 5. The van der Waals surface area contributed by atoms with Crippen LogP contribution in [0.25, 0.3) is 0 Å². The van der Waals surface area contributed by atoms with Crippen molar-refractivity contribution in [3.63, 3.8) is 0 Å². The quantitative estimate of drug-likeness (QED) is 0.381. The highest BCUT2D eigenvalue weighted by Crippen LogP contribution is 2.40. The molecule has 1 aliphatic rings. The van der Waals surface area contributed by atoms with Gasteiger partial charge in [0.05, 0.1) is 11.7 Å². The van der Waals surface area contributed by atoms with Crippen molar-refractivity contribution in [3.8, 4) is 0 Å². The predicted molar refractivity (Wildman–Crippen MR) is 90.5 cm³/mol. The van der Waals surface area contributed by atoms with Gasteiger partial charge in [0, 0.05) is 19.9 Å². The second-order valence-electron chi connectivity index (χ2n) is 6.86. The molecule has 1 atom stereocenters. The Kier molecular flexibility index (Phi) is 7.46. The van der Waals surface area contributed by atoms with E-state index in [9.17, 15) is 9.90 Å². The van der Waals surface area contributed by atoms with Crippen LogP contribution in [0.4, 0.5) is 0 Å². The monoisotopic (exact) mass is 325 g/mol. The van der Waals surface area contributed by atoms with E-state index in [4.69, 9.17) is 9.47 Å². The van der Waals surface area contributed by atoms with Gasteiger partial charge in [-0.05, 0) is 24.8 Å². The highest BCUT2D eigenvalue weighted by atomic mass is 16.7. The van der Waals surface area contributed by atoms with Gasteiger partial charge in [-0.25, -0.2) is 0 Å². The maximum absolute atomic E-state index is 11.5. The number of rotatable bonds is 9. The summed E-state index contributed by atoms with van der Waals surface area (Å²) >= 11 is 0. The average molecular weight is 325 g/mol. The highest BCUT2D eigenvalue weighted by molar-refractivity contribution is 5.71. The van der Waals surface area contributed by atoms with Crippen LogP contribution < -0.4 is 5.32 Å². The van der Waals surface area contributed by atoms with Crippen LogP contribution in [0.1, 0.15) is 59.3 Å². The fourth-order valence-electron chi connectivity index (χ4n) is 3.00. The van der Waals surface area contributed by atoms with E-state index in [1.54, 1.807) is 20.8 Å². The number of carbonyl (C=O) groups is 1. The number of hydrogen-bond donors (Lipinski definition) is 2. The zero-order valence-corrected chi connectivity index (χ0v) is 14.7. The first-order chi connectivity index (χ1) is 10.7. The molecule has 5 nitrogen and oxygen atoms in total. The van der Waals surface area contributed by atoms with Crippen LogP contribution in [-0.2, 0) is 14.3 Å². The van der Waals surface area contributed by atoms with E-state index < -0.39 is 6.29 Å². The fourth-order valence-corrected chi connectivity index (χ4v) is 3.00. The Morgan fingerprint density at radius 2 is 1.78 bits per heavy atom. The summed E-state index contributed by atoms with van der Waals surface area (Å²) in [4.78, 5) is 11.5. The molecule has 0 aromatic rings. The van der Waals surface area contributed by atoms with Crippen molar-refractivity contribution < 1.29 is 19.4 Å². The fraction of sp³-hybridized carbons (Fsp3) is 0.722. The molecule has 132 valence electrons. The maximum atomic E-state index is 11.5. The molecule has 2 N–H and O–H groups in total. The van der Waals surface area contributed by atoms with Crippen LogP contribution in [0.5, 0.6) is 0 Å². The minimum atomic E-state index is -0.681. The van der Waals surface area contributed by atoms with Crippen LogP contribution in [-0.4, -0.2) is 23.9 Å². The van der Waals surface area contributed by atoms with Gasteiger partial charge < -0.3 is 19.9 Å². The maximum Gasteiger partial charge on any atom is 0.311 e. The van der Waals surface area contributed by atoms with Crippen molar-refractivity contribution in [2.45, 2.75) is 65.6 Å². The topological polar surface area (TPSA) is 67.8 Å². The number of aliphatic hydroxyl groups excluding tert-OH is 1. The van der Waals surface area contributed by atoms with Gasteiger partial charge in [0.25, 0.3) is 0 Å². The van der Waals surface area contributed by atoms with Crippen molar-refractivity contribution in [1.82, 2.24) is 5.32 Å². The molecule has 0 bridgehead atoms. The zero-order chi connectivity index (χ0) is 17.5. The van der Waals surface area contributed by atoms with Gasteiger partial charge in [0.15, 0.2) is 5.88 Å². The van der Waals surface area contributed by atoms with Gasteiger partial charge in [-0.2, -0.15) is 0 Å². The molecule has 0 heterocycles. The second kappa shape index (κ2) is 8.85. The lowest BCUT2D eigenvalue weighted by molar-refractivity contribution is -0.172. The molecular weight excluding hydrogens is 294 g/mol. The molecule has 0 amide bonds. The molecule has 1 saturated carbocycles. The molecule has 1 fully saturated rings. The molecule has 1 rings (SSSR count). The summed E-state index contributed by atoms with van der Waals surface area (Å²) in [5, 5.41) is 12.8. The average Bonchev–Trinajstić information content (AvgIpc) is 2.45. The summed E-state index contributed by atoms with van der Waals surface area (Å²) < 4.78 is 10.6. The van der Waals surface area contributed by atoms with E-state index >= 15 is 0 Å². The van der Waals surface area contributed by atoms with Gasteiger partial charge in [0.2, 0.25) is 6.29 Å². The van der Waals surface area contributed by atoms with Crippen LogP contribution >= 0.6 is 0 Å². The van der Waals surface area contributed by atoms with Crippen molar-refractivity contribution in [1.29, 1.82) is 0 Å². The number of aliphatic hydroxyl groups is 1. The number of ether oxygens (including phenoxy) is 2. The minimum absolute atomic E-state index is 0.00572. The first-order valence-electron chi connectivity index (χ1n) is 8.41. The number of allylic oxidation sites excluding steroid dienone is 1. The summed E-state index contributed by atoms with van der Waals surface area (Å²) in [7, 11) is 0. The van der Waals surface area contributed by atoms with Crippen LogP contribution in [0.3, 0.4) is 0 Å². The van der Waals surface area contributed by atoms with E-state index in [0.29, 0.717) is 18.8 Å². The van der Waals surface area contributed by atoms with Crippen molar-refractivity contribution >= 4 is 5.97 Å².